The first-order valence-electron chi connectivity index (χ1n) is 8.50. The third-order valence-corrected chi connectivity index (χ3v) is 4.86. The first kappa shape index (κ1) is 17.5. The van der Waals surface area contributed by atoms with E-state index in [1.54, 1.807) is 14.2 Å². The van der Waals surface area contributed by atoms with Crippen molar-refractivity contribution in [3.05, 3.63) is 23.8 Å². The molecule has 0 spiro atoms. The van der Waals surface area contributed by atoms with E-state index in [-0.39, 0.29) is 23.9 Å². The van der Waals surface area contributed by atoms with Crippen LogP contribution in [-0.4, -0.2) is 67.6 Å². The van der Waals surface area contributed by atoms with Gasteiger partial charge in [-0.3, -0.25) is 14.5 Å². The van der Waals surface area contributed by atoms with E-state index in [4.69, 9.17) is 9.47 Å². The average Bonchev–Trinajstić information content (AvgIpc) is 2.97. The predicted molar refractivity (Wildman–Crippen MR) is 92.5 cm³/mol. The molecule has 2 saturated heterocycles. The Morgan fingerprint density at radius 2 is 2.08 bits per heavy atom. The molecule has 0 radical (unpaired) electrons. The van der Waals surface area contributed by atoms with Crippen molar-refractivity contribution in [2.75, 3.05) is 33.9 Å². The van der Waals surface area contributed by atoms with Crippen molar-refractivity contribution in [1.29, 1.82) is 0 Å². The molecule has 0 aliphatic carbocycles. The standard InChI is InChI=1S/C18H25N3O4/c1-12(22)19-14-6-15-10-20(11-18(23)21(15)9-14)8-13-4-5-16(24-2)7-17(13)25-3/h4-5,7,14-15H,6,8-11H2,1-3H3,(H,19,22)/t14-,15-/m0/s1. The molecular weight excluding hydrogens is 322 g/mol. The molecule has 1 aromatic rings. The summed E-state index contributed by atoms with van der Waals surface area (Å²) in [5.74, 6) is 1.58. The summed E-state index contributed by atoms with van der Waals surface area (Å²) in [4.78, 5) is 27.8. The zero-order valence-electron chi connectivity index (χ0n) is 14.9. The highest BCUT2D eigenvalue weighted by Gasteiger charge is 2.40. The van der Waals surface area contributed by atoms with Crippen LogP contribution >= 0.6 is 0 Å². The van der Waals surface area contributed by atoms with E-state index in [1.165, 1.54) is 6.92 Å². The Labute approximate surface area is 147 Å². The number of hydrogen-bond acceptors (Lipinski definition) is 5. The molecule has 3 rings (SSSR count). The molecule has 2 aliphatic heterocycles. The Morgan fingerprint density at radius 1 is 1.28 bits per heavy atom. The second-order valence-electron chi connectivity index (χ2n) is 6.68. The van der Waals surface area contributed by atoms with Crippen LogP contribution in [0.2, 0.25) is 0 Å². The quantitative estimate of drug-likeness (QED) is 0.846. The smallest absolute Gasteiger partial charge is 0.237 e. The number of amides is 2. The number of carbonyl (C=O) groups excluding carboxylic acids is 2. The average molecular weight is 347 g/mol. The molecule has 136 valence electrons. The largest absolute Gasteiger partial charge is 0.497 e. The lowest BCUT2D eigenvalue weighted by molar-refractivity contribution is -0.138. The predicted octanol–water partition coefficient (Wildman–Crippen LogP) is 0.625. The van der Waals surface area contributed by atoms with E-state index in [9.17, 15) is 9.59 Å². The highest BCUT2D eigenvalue weighted by atomic mass is 16.5. The second kappa shape index (κ2) is 7.31. The van der Waals surface area contributed by atoms with Gasteiger partial charge >= 0.3 is 0 Å². The van der Waals surface area contributed by atoms with Gasteiger partial charge in [0.2, 0.25) is 11.8 Å². The molecule has 2 fully saturated rings. The van der Waals surface area contributed by atoms with E-state index < -0.39 is 0 Å². The van der Waals surface area contributed by atoms with Gasteiger partial charge in [0, 0.05) is 50.3 Å². The molecule has 1 N–H and O–H groups in total. The maximum atomic E-state index is 12.5. The van der Waals surface area contributed by atoms with Gasteiger partial charge in [-0.25, -0.2) is 0 Å². The number of hydrogen-bond donors (Lipinski definition) is 1. The number of nitrogens with zero attached hydrogens (tertiary/aromatic N) is 2. The van der Waals surface area contributed by atoms with Crippen LogP contribution in [0.3, 0.4) is 0 Å². The zero-order valence-corrected chi connectivity index (χ0v) is 14.9. The van der Waals surface area contributed by atoms with Crippen molar-refractivity contribution in [2.24, 2.45) is 0 Å². The summed E-state index contributed by atoms with van der Waals surface area (Å²) in [5, 5.41) is 2.93. The van der Waals surface area contributed by atoms with Crippen molar-refractivity contribution in [3.63, 3.8) is 0 Å². The summed E-state index contributed by atoms with van der Waals surface area (Å²) in [6, 6.07) is 5.95. The monoisotopic (exact) mass is 347 g/mol. The van der Waals surface area contributed by atoms with Crippen molar-refractivity contribution >= 4 is 11.8 Å². The Bertz CT molecular complexity index is 664. The minimum absolute atomic E-state index is 0.0443. The summed E-state index contributed by atoms with van der Waals surface area (Å²) < 4.78 is 10.7. The van der Waals surface area contributed by atoms with Crippen molar-refractivity contribution < 1.29 is 19.1 Å². The molecule has 2 atom stereocenters. The van der Waals surface area contributed by atoms with Gasteiger partial charge in [-0.05, 0) is 12.5 Å². The Kier molecular flexibility index (Phi) is 5.13. The van der Waals surface area contributed by atoms with Gasteiger partial charge in [0.1, 0.15) is 11.5 Å². The number of ether oxygens (including phenoxy) is 2. The number of piperazine rings is 1. The Hall–Kier alpha value is -2.28. The van der Waals surface area contributed by atoms with Gasteiger partial charge in [-0.2, -0.15) is 0 Å². The first-order chi connectivity index (χ1) is 12.0. The van der Waals surface area contributed by atoms with Crippen LogP contribution in [0.1, 0.15) is 18.9 Å². The lowest BCUT2D eigenvalue weighted by Crippen LogP contribution is -2.53. The SMILES string of the molecule is COc1ccc(CN2CC(=O)N3C[C@@H](NC(C)=O)C[C@H]3C2)c(OC)c1. The van der Waals surface area contributed by atoms with Gasteiger partial charge in [0.15, 0.2) is 0 Å². The van der Waals surface area contributed by atoms with Crippen LogP contribution in [-0.2, 0) is 16.1 Å². The summed E-state index contributed by atoms with van der Waals surface area (Å²) in [7, 11) is 3.26. The van der Waals surface area contributed by atoms with Crippen LogP contribution in [0, 0.1) is 0 Å². The molecule has 7 heteroatoms. The lowest BCUT2D eigenvalue weighted by atomic mass is 10.1. The molecule has 25 heavy (non-hydrogen) atoms. The molecular formula is C18H25N3O4. The third kappa shape index (κ3) is 3.87. The van der Waals surface area contributed by atoms with Gasteiger partial charge < -0.3 is 19.7 Å². The normalized spacial score (nSPS) is 23.3. The van der Waals surface area contributed by atoms with E-state index in [0.717, 1.165) is 30.0 Å². The first-order valence-corrected chi connectivity index (χ1v) is 8.50. The number of rotatable bonds is 5. The third-order valence-electron chi connectivity index (χ3n) is 4.86. The second-order valence-corrected chi connectivity index (χ2v) is 6.68. The van der Waals surface area contributed by atoms with Crippen molar-refractivity contribution in [2.45, 2.75) is 32.0 Å². The molecule has 2 amide bonds. The summed E-state index contributed by atoms with van der Waals surface area (Å²) >= 11 is 0. The maximum Gasteiger partial charge on any atom is 0.237 e. The summed E-state index contributed by atoms with van der Waals surface area (Å²) in [6.07, 6.45) is 0.807. The highest BCUT2D eigenvalue weighted by Crippen LogP contribution is 2.28. The minimum Gasteiger partial charge on any atom is -0.497 e. The maximum absolute atomic E-state index is 12.5. The number of carbonyl (C=O) groups is 2. The van der Waals surface area contributed by atoms with Gasteiger partial charge in [-0.1, -0.05) is 6.07 Å². The molecule has 0 bridgehead atoms. The van der Waals surface area contributed by atoms with Crippen molar-refractivity contribution in [1.82, 2.24) is 15.1 Å². The number of fused-ring (bicyclic) bond motifs is 1. The highest BCUT2D eigenvalue weighted by molar-refractivity contribution is 5.80. The Balaban J connectivity index is 1.67. The van der Waals surface area contributed by atoms with E-state index in [1.807, 2.05) is 23.1 Å². The molecule has 7 nitrogen and oxygen atoms in total. The number of methoxy groups -OCH3 is 2. The summed E-state index contributed by atoms with van der Waals surface area (Å²) in [5.41, 5.74) is 1.03. The molecule has 0 aromatic heterocycles. The van der Waals surface area contributed by atoms with Gasteiger partial charge in [-0.15, -0.1) is 0 Å². The number of benzene rings is 1. The molecule has 0 unspecified atom stereocenters. The minimum atomic E-state index is -0.0443. The molecule has 0 saturated carbocycles. The number of nitrogens with one attached hydrogen (secondary N) is 1. The van der Waals surface area contributed by atoms with E-state index in [2.05, 4.69) is 10.2 Å². The topological polar surface area (TPSA) is 71.1 Å². The van der Waals surface area contributed by atoms with Crippen LogP contribution in [0.5, 0.6) is 11.5 Å². The van der Waals surface area contributed by atoms with Crippen LogP contribution < -0.4 is 14.8 Å². The zero-order chi connectivity index (χ0) is 18.0. The van der Waals surface area contributed by atoms with E-state index >= 15 is 0 Å². The fourth-order valence-corrected chi connectivity index (χ4v) is 3.78. The fraction of sp³-hybridized carbons (Fsp3) is 0.556. The molecule has 1 aromatic carbocycles. The van der Waals surface area contributed by atoms with Crippen LogP contribution in [0.15, 0.2) is 18.2 Å². The van der Waals surface area contributed by atoms with Gasteiger partial charge in [0.25, 0.3) is 0 Å². The molecule has 2 aliphatic rings. The van der Waals surface area contributed by atoms with Crippen LogP contribution in [0.25, 0.3) is 0 Å². The van der Waals surface area contributed by atoms with Gasteiger partial charge in [0.05, 0.1) is 20.8 Å². The van der Waals surface area contributed by atoms with Crippen LogP contribution in [0.4, 0.5) is 0 Å². The Morgan fingerprint density at radius 3 is 2.76 bits per heavy atom. The lowest BCUT2D eigenvalue weighted by Gasteiger charge is -2.37. The summed E-state index contributed by atoms with van der Waals surface area (Å²) in [6.45, 7) is 3.97. The fourth-order valence-electron chi connectivity index (χ4n) is 3.78. The molecule has 2 heterocycles. The van der Waals surface area contributed by atoms with E-state index in [0.29, 0.717) is 19.6 Å². The van der Waals surface area contributed by atoms with Crippen molar-refractivity contribution in [3.8, 4) is 11.5 Å².